The fourth-order valence-electron chi connectivity index (χ4n) is 3.43. The number of aromatic nitrogens is 1. The van der Waals surface area contributed by atoms with Gasteiger partial charge in [0.2, 0.25) is 5.91 Å². The minimum atomic E-state index is -0.450. The van der Waals surface area contributed by atoms with Gasteiger partial charge in [-0.1, -0.05) is 0 Å². The van der Waals surface area contributed by atoms with Crippen LogP contribution in [0, 0.1) is 0 Å². The summed E-state index contributed by atoms with van der Waals surface area (Å²) in [6, 6.07) is 3.66. The van der Waals surface area contributed by atoms with Crippen LogP contribution in [0.2, 0.25) is 0 Å². The smallest absolute Gasteiger partial charge is 0.271 e. The van der Waals surface area contributed by atoms with Crippen molar-refractivity contribution in [3.63, 3.8) is 0 Å². The fourth-order valence-corrected chi connectivity index (χ4v) is 3.43. The quantitative estimate of drug-likeness (QED) is 0.851. The Balaban J connectivity index is 1.82. The first-order valence-corrected chi connectivity index (χ1v) is 7.66. The highest BCUT2D eigenvalue weighted by atomic mass is 16.2. The van der Waals surface area contributed by atoms with Crippen molar-refractivity contribution in [1.82, 2.24) is 14.8 Å². The van der Waals surface area contributed by atoms with Crippen molar-refractivity contribution < 1.29 is 9.59 Å². The fraction of sp³-hybridized carbons (Fsp3) is 0.600. The number of hydrogen-bond acceptors (Lipinski definition) is 3. The van der Waals surface area contributed by atoms with Crippen LogP contribution in [-0.2, 0) is 4.79 Å². The van der Waals surface area contributed by atoms with Gasteiger partial charge in [0.25, 0.3) is 5.91 Å². The average Bonchev–Trinajstić information content (AvgIpc) is 3.16. The molecule has 0 aliphatic carbocycles. The molecule has 6 heteroatoms. The van der Waals surface area contributed by atoms with Crippen molar-refractivity contribution in [2.24, 2.45) is 5.73 Å². The number of nitrogens with two attached hydrogens (primary N) is 1. The van der Waals surface area contributed by atoms with Crippen LogP contribution in [0.15, 0.2) is 18.3 Å². The predicted octanol–water partition coefficient (Wildman–Crippen LogP) is 0.502. The maximum absolute atomic E-state index is 12.8. The molecule has 3 heterocycles. The number of carbonyl (C=O) groups excluding carboxylic acids is 2. The largest absolute Gasteiger partial charge is 0.368 e. The van der Waals surface area contributed by atoms with Gasteiger partial charge in [-0.15, -0.1) is 0 Å². The van der Waals surface area contributed by atoms with Crippen LogP contribution in [-0.4, -0.2) is 47.0 Å². The number of piperidine rings is 1. The molecule has 0 bridgehead atoms. The summed E-state index contributed by atoms with van der Waals surface area (Å²) < 4.78 is 2.07. The molecule has 2 saturated heterocycles. The SMILES string of the molecule is NC(=O)C1CCCN1C(=O)c1cccn1C1CCNCC1. The summed E-state index contributed by atoms with van der Waals surface area (Å²) in [5.41, 5.74) is 6.09. The van der Waals surface area contributed by atoms with Crippen molar-refractivity contribution in [2.45, 2.75) is 37.8 Å². The van der Waals surface area contributed by atoms with Gasteiger partial charge in [0, 0.05) is 18.8 Å². The lowest BCUT2D eigenvalue weighted by atomic mass is 10.1. The number of rotatable bonds is 3. The summed E-state index contributed by atoms with van der Waals surface area (Å²) in [7, 11) is 0. The van der Waals surface area contributed by atoms with E-state index in [4.69, 9.17) is 5.73 Å². The number of nitrogens with one attached hydrogen (secondary N) is 1. The molecule has 1 aromatic heterocycles. The van der Waals surface area contributed by atoms with E-state index in [0.717, 1.165) is 32.4 Å². The van der Waals surface area contributed by atoms with Crippen molar-refractivity contribution in [2.75, 3.05) is 19.6 Å². The molecule has 0 aromatic carbocycles. The zero-order valence-electron chi connectivity index (χ0n) is 12.1. The molecule has 114 valence electrons. The normalized spacial score (nSPS) is 23.4. The van der Waals surface area contributed by atoms with Crippen molar-refractivity contribution in [1.29, 1.82) is 0 Å². The molecule has 0 spiro atoms. The second-order valence-corrected chi connectivity index (χ2v) is 5.84. The molecule has 2 fully saturated rings. The molecule has 1 aromatic rings. The maximum Gasteiger partial charge on any atom is 0.271 e. The van der Waals surface area contributed by atoms with Crippen molar-refractivity contribution in [3.8, 4) is 0 Å². The molecular weight excluding hydrogens is 268 g/mol. The van der Waals surface area contributed by atoms with Crippen LogP contribution in [0.1, 0.15) is 42.2 Å². The molecule has 2 amide bonds. The van der Waals surface area contributed by atoms with Crippen LogP contribution < -0.4 is 11.1 Å². The molecule has 0 saturated carbocycles. The molecule has 21 heavy (non-hydrogen) atoms. The highest BCUT2D eigenvalue weighted by Crippen LogP contribution is 2.25. The summed E-state index contributed by atoms with van der Waals surface area (Å²) in [4.78, 5) is 25.9. The lowest BCUT2D eigenvalue weighted by Crippen LogP contribution is -2.44. The lowest BCUT2D eigenvalue weighted by Gasteiger charge is -2.28. The molecule has 1 unspecified atom stereocenters. The average molecular weight is 290 g/mol. The Bertz CT molecular complexity index is 534. The molecule has 3 rings (SSSR count). The van der Waals surface area contributed by atoms with Crippen LogP contribution in [0.3, 0.4) is 0 Å². The summed E-state index contributed by atoms with van der Waals surface area (Å²) >= 11 is 0. The van der Waals surface area contributed by atoms with E-state index in [1.165, 1.54) is 0 Å². The van der Waals surface area contributed by atoms with E-state index < -0.39 is 11.9 Å². The molecular formula is C15H22N4O2. The predicted molar refractivity (Wildman–Crippen MR) is 78.8 cm³/mol. The molecule has 6 nitrogen and oxygen atoms in total. The van der Waals surface area contributed by atoms with Gasteiger partial charge in [-0.3, -0.25) is 9.59 Å². The first kappa shape index (κ1) is 14.1. The van der Waals surface area contributed by atoms with E-state index >= 15 is 0 Å². The molecule has 2 aliphatic rings. The van der Waals surface area contributed by atoms with Crippen LogP contribution in [0.5, 0.6) is 0 Å². The van der Waals surface area contributed by atoms with Gasteiger partial charge in [-0.2, -0.15) is 0 Å². The summed E-state index contributed by atoms with van der Waals surface area (Å²) in [5, 5.41) is 3.33. The summed E-state index contributed by atoms with van der Waals surface area (Å²) in [6.45, 7) is 2.57. The monoisotopic (exact) mass is 290 g/mol. The zero-order chi connectivity index (χ0) is 14.8. The Hall–Kier alpha value is -1.82. The first-order valence-electron chi connectivity index (χ1n) is 7.66. The Morgan fingerprint density at radius 1 is 1.24 bits per heavy atom. The third-order valence-electron chi connectivity index (χ3n) is 4.54. The lowest BCUT2D eigenvalue weighted by molar-refractivity contribution is -0.121. The Morgan fingerprint density at radius 3 is 2.71 bits per heavy atom. The standard InChI is InChI=1S/C15H22N4O2/c16-14(20)12-3-1-10-19(12)15(21)13-4-2-9-18(13)11-5-7-17-8-6-11/h2,4,9,11-12,17H,1,3,5-8,10H2,(H2,16,20). The zero-order valence-corrected chi connectivity index (χ0v) is 12.1. The molecule has 3 N–H and O–H groups in total. The van der Waals surface area contributed by atoms with Gasteiger partial charge in [-0.25, -0.2) is 0 Å². The Kier molecular flexibility index (Phi) is 3.96. The maximum atomic E-state index is 12.8. The van der Waals surface area contributed by atoms with E-state index in [1.807, 2.05) is 18.3 Å². The number of carbonyl (C=O) groups is 2. The van der Waals surface area contributed by atoms with Crippen LogP contribution in [0.25, 0.3) is 0 Å². The number of likely N-dealkylation sites (tertiary alicyclic amines) is 1. The summed E-state index contributed by atoms with van der Waals surface area (Å²) in [6.07, 6.45) is 5.53. The minimum absolute atomic E-state index is 0.0696. The Morgan fingerprint density at radius 2 is 2.00 bits per heavy atom. The van der Waals surface area contributed by atoms with Gasteiger partial charge in [-0.05, 0) is 50.9 Å². The van der Waals surface area contributed by atoms with E-state index in [1.54, 1.807) is 4.90 Å². The molecule has 2 aliphatic heterocycles. The number of nitrogens with zero attached hydrogens (tertiary/aromatic N) is 2. The highest BCUT2D eigenvalue weighted by molar-refractivity contribution is 5.96. The van der Waals surface area contributed by atoms with Gasteiger partial charge >= 0.3 is 0 Å². The summed E-state index contributed by atoms with van der Waals surface area (Å²) in [5.74, 6) is -0.472. The Labute approximate surface area is 124 Å². The minimum Gasteiger partial charge on any atom is -0.368 e. The van der Waals surface area contributed by atoms with Gasteiger partial charge in [0.15, 0.2) is 0 Å². The number of amides is 2. The van der Waals surface area contributed by atoms with Gasteiger partial charge < -0.3 is 20.5 Å². The third kappa shape index (κ3) is 2.68. The van der Waals surface area contributed by atoms with E-state index in [2.05, 4.69) is 9.88 Å². The van der Waals surface area contributed by atoms with Gasteiger partial charge in [0.05, 0.1) is 0 Å². The number of hydrogen-bond donors (Lipinski definition) is 2. The highest BCUT2D eigenvalue weighted by Gasteiger charge is 2.34. The van der Waals surface area contributed by atoms with E-state index in [0.29, 0.717) is 24.7 Å². The molecule has 1 atom stereocenters. The van der Waals surface area contributed by atoms with Crippen LogP contribution >= 0.6 is 0 Å². The molecule has 0 radical (unpaired) electrons. The first-order chi connectivity index (χ1) is 10.2. The second kappa shape index (κ2) is 5.89. The third-order valence-corrected chi connectivity index (χ3v) is 4.54. The topological polar surface area (TPSA) is 80.4 Å². The number of primary amides is 1. The van der Waals surface area contributed by atoms with Crippen molar-refractivity contribution in [3.05, 3.63) is 24.0 Å². The van der Waals surface area contributed by atoms with E-state index in [-0.39, 0.29) is 5.91 Å². The van der Waals surface area contributed by atoms with Crippen LogP contribution in [0.4, 0.5) is 0 Å². The van der Waals surface area contributed by atoms with E-state index in [9.17, 15) is 9.59 Å². The second-order valence-electron chi connectivity index (χ2n) is 5.84. The van der Waals surface area contributed by atoms with Crippen molar-refractivity contribution >= 4 is 11.8 Å². The van der Waals surface area contributed by atoms with Gasteiger partial charge in [0.1, 0.15) is 11.7 Å².